The van der Waals surface area contributed by atoms with Gasteiger partial charge < -0.3 is 15.2 Å². The Morgan fingerprint density at radius 2 is 2.29 bits per heavy atom. The lowest BCUT2D eigenvalue weighted by Crippen LogP contribution is -2.27. The van der Waals surface area contributed by atoms with Crippen LogP contribution in [0, 0.1) is 0 Å². The predicted octanol–water partition coefficient (Wildman–Crippen LogP) is 1.41. The summed E-state index contributed by atoms with van der Waals surface area (Å²) in [6, 6.07) is 3.68. The number of aryl methyl sites for hydroxylation is 1. The van der Waals surface area contributed by atoms with Gasteiger partial charge >= 0.3 is 0 Å². The molecule has 0 radical (unpaired) electrons. The first-order chi connectivity index (χ1) is 10.2. The smallest absolute Gasteiger partial charge is 0.270 e. The zero-order chi connectivity index (χ0) is 15.2. The van der Waals surface area contributed by atoms with E-state index in [-0.39, 0.29) is 12.5 Å². The lowest BCUT2D eigenvalue weighted by Gasteiger charge is -2.07. The van der Waals surface area contributed by atoms with Gasteiger partial charge in [0.1, 0.15) is 5.69 Å². The van der Waals surface area contributed by atoms with Crippen LogP contribution in [0.4, 0.5) is 0 Å². The highest BCUT2D eigenvalue weighted by atomic mass is 16.5. The van der Waals surface area contributed by atoms with Crippen molar-refractivity contribution >= 4 is 11.6 Å². The summed E-state index contributed by atoms with van der Waals surface area (Å²) in [5.41, 5.74) is 1.93. The minimum Gasteiger partial charge on any atom is -0.490 e. The highest BCUT2D eigenvalue weighted by molar-refractivity contribution is 5.95. The molecule has 2 N–H and O–H groups in total. The van der Waals surface area contributed by atoms with Gasteiger partial charge in [-0.1, -0.05) is 6.92 Å². The van der Waals surface area contributed by atoms with Crippen molar-refractivity contribution in [1.82, 2.24) is 14.7 Å². The second-order valence-corrected chi connectivity index (χ2v) is 4.59. The molecule has 6 nitrogen and oxygen atoms in total. The molecule has 21 heavy (non-hydrogen) atoms. The summed E-state index contributed by atoms with van der Waals surface area (Å²) < 4.78 is 7.32. The van der Waals surface area contributed by atoms with Crippen LogP contribution in [-0.4, -0.2) is 40.2 Å². The molecule has 0 aliphatic heterocycles. The Labute approximate surface area is 123 Å². The van der Waals surface area contributed by atoms with Gasteiger partial charge in [-0.2, -0.15) is 0 Å². The SMILES string of the molecule is CCOc1cccn2c(C(=O)NCCCO)c(CC)nc12. The normalized spacial score (nSPS) is 10.8. The Hall–Kier alpha value is -2.08. The van der Waals surface area contributed by atoms with Crippen LogP contribution in [-0.2, 0) is 6.42 Å². The van der Waals surface area contributed by atoms with Gasteiger partial charge in [-0.15, -0.1) is 0 Å². The molecule has 0 saturated carbocycles. The third-order valence-electron chi connectivity index (χ3n) is 3.16. The number of ether oxygens (including phenoxy) is 1. The van der Waals surface area contributed by atoms with Crippen LogP contribution in [0.2, 0.25) is 0 Å². The van der Waals surface area contributed by atoms with Crippen LogP contribution in [0.1, 0.15) is 36.5 Å². The topological polar surface area (TPSA) is 75.9 Å². The highest BCUT2D eigenvalue weighted by Crippen LogP contribution is 2.22. The number of aromatic nitrogens is 2. The van der Waals surface area contributed by atoms with Gasteiger partial charge in [0.15, 0.2) is 11.4 Å². The number of nitrogens with one attached hydrogen (secondary N) is 1. The Morgan fingerprint density at radius 1 is 1.48 bits per heavy atom. The molecule has 0 spiro atoms. The number of hydrogen-bond donors (Lipinski definition) is 2. The highest BCUT2D eigenvalue weighted by Gasteiger charge is 2.19. The summed E-state index contributed by atoms with van der Waals surface area (Å²) in [5.74, 6) is 0.491. The van der Waals surface area contributed by atoms with Crippen molar-refractivity contribution in [1.29, 1.82) is 0 Å². The molecular weight excluding hydrogens is 270 g/mol. The van der Waals surface area contributed by atoms with Crippen LogP contribution in [0.3, 0.4) is 0 Å². The van der Waals surface area contributed by atoms with E-state index < -0.39 is 0 Å². The summed E-state index contributed by atoms with van der Waals surface area (Å²) in [6.45, 7) is 4.92. The molecule has 0 bridgehead atoms. The molecule has 6 heteroatoms. The van der Waals surface area contributed by atoms with Crippen LogP contribution in [0.25, 0.3) is 5.65 Å². The van der Waals surface area contributed by atoms with Crippen molar-refractivity contribution in [2.75, 3.05) is 19.8 Å². The summed E-state index contributed by atoms with van der Waals surface area (Å²) in [7, 11) is 0. The fourth-order valence-corrected chi connectivity index (χ4v) is 2.21. The standard InChI is InChI=1S/C15H21N3O3/c1-3-11-13(15(20)16-8-6-10-19)18-9-5-7-12(21-4-2)14(18)17-11/h5,7,9,19H,3-4,6,8,10H2,1-2H3,(H,16,20). The molecule has 2 aromatic heterocycles. The van der Waals surface area contributed by atoms with Crippen LogP contribution in [0.5, 0.6) is 5.75 Å². The van der Waals surface area contributed by atoms with Gasteiger partial charge in [0.2, 0.25) is 0 Å². The fourth-order valence-electron chi connectivity index (χ4n) is 2.21. The van der Waals surface area contributed by atoms with E-state index in [9.17, 15) is 4.79 Å². The monoisotopic (exact) mass is 291 g/mol. The molecule has 0 atom stereocenters. The van der Waals surface area contributed by atoms with Crippen LogP contribution in [0.15, 0.2) is 18.3 Å². The zero-order valence-corrected chi connectivity index (χ0v) is 12.4. The Bertz CT molecular complexity index is 622. The first kappa shape index (κ1) is 15.3. The number of carbonyl (C=O) groups excluding carboxylic acids is 1. The van der Waals surface area contributed by atoms with Crippen molar-refractivity contribution in [2.24, 2.45) is 0 Å². The first-order valence-corrected chi connectivity index (χ1v) is 7.24. The minimum absolute atomic E-state index is 0.0581. The average molecular weight is 291 g/mol. The largest absolute Gasteiger partial charge is 0.490 e. The molecular formula is C15H21N3O3. The Balaban J connectivity index is 2.41. The van der Waals surface area contributed by atoms with E-state index >= 15 is 0 Å². The number of amides is 1. The molecule has 114 valence electrons. The van der Waals surface area contributed by atoms with Crippen molar-refractivity contribution in [2.45, 2.75) is 26.7 Å². The van der Waals surface area contributed by atoms with E-state index in [1.165, 1.54) is 0 Å². The number of aliphatic hydroxyl groups excluding tert-OH is 1. The molecule has 0 unspecified atom stereocenters. The molecule has 1 amide bonds. The zero-order valence-electron chi connectivity index (χ0n) is 12.4. The van der Waals surface area contributed by atoms with Crippen molar-refractivity contribution in [3.05, 3.63) is 29.7 Å². The fraction of sp³-hybridized carbons (Fsp3) is 0.467. The van der Waals surface area contributed by atoms with Crippen LogP contribution >= 0.6 is 0 Å². The number of fused-ring (bicyclic) bond motifs is 1. The number of rotatable bonds is 7. The van der Waals surface area contributed by atoms with E-state index in [1.54, 1.807) is 4.40 Å². The van der Waals surface area contributed by atoms with Gasteiger partial charge in [-0.25, -0.2) is 4.98 Å². The third-order valence-corrected chi connectivity index (χ3v) is 3.16. The molecule has 0 fully saturated rings. The molecule has 0 aliphatic carbocycles. The lowest BCUT2D eigenvalue weighted by atomic mass is 10.2. The lowest BCUT2D eigenvalue weighted by molar-refractivity contribution is 0.0944. The predicted molar refractivity (Wildman–Crippen MR) is 79.8 cm³/mol. The van der Waals surface area contributed by atoms with E-state index in [1.807, 2.05) is 32.2 Å². The van der Waals surface area contributed by atoms with Gasteiger partial charge in [0, 0.05) is 19.3 Å². The van der Waals surface area contributed by atoms with Crippen LogP contribution < -0.4 is 10.1 Å². The quantitative estimate of drug-likeness (QED) is 0.756. The first-order valence-electron chi connectivity index (χ1n) is 7.24. The number of imidazole rings is 1. The summed E-state index contributed by atoms with van der Waals surface area (Å²) in [5, 5.41) is 11.6. The summed E-state index contributed by atoms with van der Waals surface area (Å²) in [4.78, 5) is 16.9. The van der Waals surface area contributed by atoms with E-state index in [0.29, 0.717) is 43.1 Å². The molecule has 0 aromatic carbocycles. The van der Waals surface area contributed by atoms with Gasteiger partial charge in [0.05, 0.1) is 12.3 Å². The maximum Gasteiger partial charge on any atom is 0.270 e. The molecule has 2 aromatic rings. The third kappa shape index (κ3) is 3.16. The number of nitrogens with zero attached hydrogens (tertiary/aromatic N) is 2. The van der Waals surface area contributed by atoms with Gasteiger partial charge in [0.25, 0.3) is 5.91 Å². The van der Waals surface area contributed by atoms with Crippen molar-refractivity contribution in [3.63, 3.8) is 0 Å². The Morgan fingerprint density at radius 3 is 2.95 bits per heavy atom. The number of hydrogen-bond acceptors (Lipinski definition) is 4. The Kier molecular flexibility index (Phi) is 5.16. The maximum atomic E-state index is 12.3. The molecule has 0 saturated heterocycles. The second-order valence-electron chi connectivity index (χ2n) is 4.59. The average Bonchev–Trinajstić information content (AvgIpc) is 2.87. The minimum atomic E-state index is -0.179. The van der Waals surface area contributed by atoms with Crippen molar-refractivity contribution in [3.8, 4) is 5.75 Å². The van der Waals surface area contributed by atoms with Gasteiger partial charge in [-0.3, -0.25) is 9.20 Å². The molecule has 2 rings (SSSR count). The van der Waals surface area contributed by atoms with Gasteiger partial charge in [-0.05, 0) is 31.9 Å². The summed E-state index contributed by atoms with van der Waals surface area (Å²) in [6.07, 6.45) is 3.01. The number of pyridine rings is 1. The molecule has 2 heterocycles. The second kappa shape index (κ2) is 7.08. The van der Waals surface area contributed by atoms with E-state index in [0.717, 1.165) is 5.69 Å². The van der Waals surface area contributed by atoms with E-state index in [4.69, 9.17) is 9.84 Å². The number of carbonyl (C=O) groups is 1. The summed E-state index contributed by atoms with van der Waals surface area (Å²) >= 11 is 0. The van der Waals surface area contributed by atoms with E-state index in [2.05, 4.69) is 10.3 Å². The van der Waals surface area contributed by atoms with Crippen molar-refractivity contribution < 1.29 is 14.6 Å². The maximum absolute atomic E-state index is 12.3. The number of aliphatic hydroxyl groups is 1. The molecule has 0 aliphatic rings.